The zero-order valence-electron chi connectivity index (χ0n) is 5.39. The smallest absolute Gasteiger partial charge is 0.322 e. The minimum absolute atomic E-state index is 0.274. The molecule has 0 N–H and O–H groups in total. The van der Waals surface area contributed by atoms with E-state index >= 15 is 0 Å². The van der Waals surface area contributed by atoms with Gasteiger partial charge in [0.25, 0.3) is 0 Å². The second kappa shape index (κ2) is 2.82. The predicted molar refractivity (Wildman–Crippen MR) is 30.9 cm³/mol. The molecule has 1 aliphatic rings. The van der Waals surface area contributed by atoms with Crippen LogP contribution in [0, 0.1) is 6.54 Å². The predicted octanol–water partition coefficient (Wildman–Crippen LogP) is 0.599. The Labute approximate surface area is 54.5 Å². The van der Waals surface area contributed by atoms with Crippen molar-refractivity contribution >= 4 is 5.97 Å². The Kier molecular flexibility index (Phi) is 2.05. The number of rotatable bonds is 1. The van der Waals surface area contributed by atoms with Crippen LogP contribution in [0.2, 0.25) is 0 Å². The molecule has 1 heterocycles. The number of hydroxylamine groups is 2. The van der Waals surface area contributed by atoms with Crippen LogP contribution >= 0.6 is 0 Å². The van der Waals surface area contributed by atoms with Gasteiger partial charge in [-0.1, -0.05) is 0 Å². The van der Waals surface area contributed by atoms with Crippen LogP contribution in [0.15, 0.2) is 0 Å². The molecule has 1 rings (SSSR count). The van der Waals surface area contributed by atoms with E-state index in [0.717, 1.165) is 19.4 Å². The first-order chi connectivity index (χ1) is 4.29. The summed E-state index contributed by atoms with van der Waals surface area (Å²) in [6.07, 6.45) is 1.93. The molecule has 1 fully saturated rings. The van der Waals surface area contributed by atoms with Gasteiger partial charge >= 0.3 is 5.97 Å². The van der Waals surface area contributed by atoms with Gasteiger partial charge in [-0.2, -0.15) is 0 Å². The Morgan fingerprint density at radius 2 is 2.56 bits per heavy atom. The third-order valence-corrected chi connectivity index (χ3v) is 1.06. The summed E-state index contributed by atoms with van der Waals surface area (Å²) in [4.78, 5) is 15.0. The van der Waals surface area contributed by atoms with Crippen molar-refractivity contribution in [2.75, 3.05) is 6.54 Å². The summed E-state index contributed by atoms with van der Waals surface area (Å²) < 4.78 is 0. The first kappa shape index (κ1) is 6.55. The van der Waals surface area contributed by atoms with E-state index in [1.165, 1.54) is 12.0 Å². The highest BCUT2D eigenvalue weighted by Crippen LogP contribution is 2.11. The molecule has 1 saturated heterocycles. The van der Waals surface area contributed by atoms with Gasteiger partial charge in [0.15, 0.2) is 0 Å². The van der Waals surface area contributed by atoms with Crippen LogP contribution in [0.25, 0.3) is 0 Å². The maximum absolute atomic E-state index is 10.3. The lowest BCUT2D eigenvalue weighted by Crippen LogP contribution is -2.19. The van der Waals surface area contributed by atoms with Crippen LogP contribution < -0.4 is 0 Å². The van der Waals surface area contributed by atoms with Gasteiger partial charge in [0.2, 0.25) is 0 Å². The van der Waals surface area contributed by atoms with Crippen molar-refractivity contribution in [3.63, 3.8) is 0 Å². The molecular weight excluding hydrogens is 118 g/mol. The van der Waals surface area contributed by atoms with Crippen molar-refractivity contribution in [2.24, 2.45) is 0 Å². The molecule has 0 aliphatic carbocycles. The average molecular weight is 127 g/mol. The molecule has 0 aromatic heterocycles. The van der Waals surface area contributed by atoms with E-state index in [2.05, 4.69) is 6.54 Å². The average Bonchev–Trinajstić information content (AvgIpc) is 2.15. The van der Waals surface area contributed by atoms with Gasteiger partial charge in [0.1, 0.15) is 6.54 Å². The molecule has 0 amide bonds. The highest BCUT2D eigenvalue weighted by Gasteiger charge is 2.14. The summed E-state index contributed by atoms with van der Waals surface area (Å²) in [6, 6.07) is 0. The van der Waals surface area contributed by atoms with Crippen LogP contribution in [-0.2, 0) is 9.63 Å². The summed E-state index contributed by atoms with van der Waals surface area (Å²) >= 11 is 0. The molecule has 9 heavy (non-hydrogen) atoms. The molecule has 1 aliphatic heterocycles. The van der Waals surface area contributed by atoms with Crippen LogP contribution in [0.5, 0.6) is 0 Å². The number of carbonyl (C=O) groups is 1. The first-order valence-corrected chi connectivity index (χ1v) is 2.98. The van der Waals surface area contributed by atoms with E-state index < -0.39 is 0 Å². The molecule has 0 aromatic carbocycles. The molecule has 50 valence electrons. The third-order valence-electron chi connectivity index (χ3n) is 1.06. The van der Waals surface area contributed by atoms with Gasteiger partial charge < -0.3 is 4.84 Å². The largest absolute Gasteiger partial charge is 0.368 e. The van der Waals surface area contributed by atoms with Crippen molar-refractivity contribution < 1.29 is 9.63 Å². The highest BCUT2D eigenvalue weighted by molar-refractivity contribution is 5.65. The lowest BCUT2D eigenvalue weighted by molar-refractivity contribution is -0.176. The van der Waals surface area contributed by atoms with E-state index in [1.54, 1.807) is 0 Å². The fourth-order valence-corrected chi connectivity index (χ4v) is 0.739. The minimum Gasteiger partial charge on any atom is -0.368 e. The molecule has 2 radical (unpaired) electrons. The van der Waals surface area contributed by atoms with Crippen LogP contribution in [0.3, 0.4) is 0 Å². The highest BCUT2D eigenvalue weighted by atomic mass is 16.7. The van der Waals surface area contributed by atoms with Gasteiger partial charge in [-0.25, -0.2) is 0 Å². The molecule has 3 heteroatoms. The normalized spacial score (nSPS) is 20.1. The SMILES string of the molecule is CC(=O)ON1[C]CCC1. The topological polar surface area (TPSA) is 29.5 Å². The zero-order valence-corrected chi connectivity index (χ0v) is 5.39. The molecule has 3 nitrogen and oxygen atoms in total. The number of hydrogen-bond donors (Lipinski definition) is 0. The van der Waals surface area contributed by atoms with Crippen molar-refractivity contribution in [2.45, 2.75) is 19.8 Å². The fraction of sp³-hybridized carbons (Fsp3) is 0.667. The lowest BCUT2D eigenvalue weighted by Gasteiger charge is -2.10. The quantitative estimate of drug-likeness (QED) is 0.516. The number of hydrogen-bond acceptors (Lipinski definition) is 3. The van der Waals surface area contributed by atoms with Gasteiger partial charge in [-0.05, 0) is 12.8 Å². The van der Waals surface area contributed by atoms with Gasteiger partial charge in [0.05, 0.1) is 0 Å². The Balaban J connectivity index is 2.19. The molecule has 0 saturated carbocycles. The fourth-order valence-electron chi connectivity index (χ4n) is 0.739. The molecule has 0 aromatic rings. The van der Waals surface area contributed by atoms with Crippen molar-refractivity contribution in [3.05, 3.63) is 6.54 Å². The maximum atomic E-state index is 10.3. The minimum atomic E-state index is -0.274. The summed E-state index contributed by atoms with van der Waals surface area (Å²) in [5, 5.41) is 1.46. The first-order valence-electron chi connectivity index (χ1n) is 2.98. The van der Waals surface area contributed by atoms with E-state index in [1.807, 2.05) is 0 Å². The Hall–Kier alpha value is -0.570. The van der Waals surface area contributed by atoms with Crippen molar-refractivity contribution in [1.29, 1.82) is 0 Å². The van der Waals surface area contributed by atoms with E-state index in [0.29, 0.717) is 0 Å². The molecule has 0 spiro atoms. The number of nitrogens with zero attached hydrogens (tertiary/aromatic N) is 1. The summed E-state index contributed by atoms with van der Waals surface area (Å²) in [5.74, 6) is -0.274. The Morgan fingerprint density at radius 1 is 1.78 bits per heavy atom. The second-order valence-corrected chi connectivity index (χ2v) is 1.95. The standard InChI is InChI=1S/C6H9NO2/c1-6(8)9-7-4-2-3-5-7/h2-4H2,1H3. The van der Waals surface area contributed by atoms with Crippen molar-refractivity contribution in [3.8, 4) is 0 Å². The summed E-state index contributed by atoms with van der Waals surface area (Å²) in [5.41, 5.74) is 0. The molecular formula is C6H9NO2. The van der Waals surface area contributed by atoms with E-state index in [-0.39, 0.29) is 5.97 Å². The summed E-state index contributed by atoms with van der Waals surface area (Å²) in [6.45, 7) is 5.06. The van der Waals surface area contributed by atoms with Crippen LogP contribution in [0.1, 0.15) is 19.8 Å². The van der Waals surface area contributed by atoms with E-state index in [9.17, 15) is 4.79 Å². The molecule has 0 atom stereocenters. The monoisotopic (exact) mass is 127 g/mol. The Morgan fingerprint density at radius 3 is 3.00 bits per heavy atom. The van der Waals surface area contributed by atoms with Gasteiger partial charge in [0, 0.05) is 13.5 Å². The second-order valence-electron chi connectivity index (χ2n) is 1.95. The van der Waals surface area contributed by atoms with E-state index in [4.69, 9.17) is 4.84 Å². The lowest BCUT2D eigenvalue weighted by atomic mass is 10.4. The summed E-state index contributed by atoms with van der Waals surface area (Å²) in [7, 11) is 0. The van der Waals surface area contributed by atoms with Crippen LogP contribution in [0.4, 0.5) is 0 Å². The zero-order chi connectivity index (χ0) is 6.69. The van der Waals surface area contributed by atoms with Gasteiger partial charge in [-0.3, -0.25) is 4.79 Å². The molecule has 0 unspecified atom stereocenters. The van der Waals surface area contributed by atoms with Crippen LogP contribution in [-0.4, -0.2) is 17.6 Å². The maximum Gasteiger partial charge on any atom is 0.322 e. The van der Waals surface area contributed by atoms with Crippen molar-refractivity contribution in [1.82, 2.24) is 5.06 Å². The molecule has 0 bridgehead atoms. The third kappa shape index (κ3) is 2.01. The number of carbonyl (C=O) groups excluding carboxylic acids is 1. The Bertz CT molecular complexity index is 108. The van der Waals surface area contributed by atoms with Gasteiger partial charge in [-0.15, -0.1) is 5.06 Å².